The molecule has 0 aliphatic carbocycles. The summed E-state index contributed by atoms with van der Waals surface area (Å²) in [6.45, 7) is 1.02. The molecule has 0 atom stereocenters. The van der Waals surface area contributed by atoms with Gasteiger partial charge in [-0.1, -0.05) is 0 Å². The van der Waals surface area contributed by atoms with Crippen molar-refractivity contribution in [3.05, 3.63) is 18.2 Å². The summed E-state index contributed by atoms with van der Waals surface area (Å²) in [5.74, 6) is 12.2. The van der Waals surface area contributed by atoms with Gasteiger partial charge in [0.1, 0.15) is 0 Å². The quantitative estimate of drug-likeness (QED) is 0.0945. The predicted molar refractivity (Wildman–Crippen MR) is 82.3 cm³/mol. The SMILES string of the molecule is C#CC#CC#CC#CC(=O)Oc1[c-]cc(S(=O)(=O)[O-])cc1OC(C)=O.[Na+].[Na+]. The predicted octanol–water partition coefficient (Wildman–Crippen LogP) is -6.13. The summed E-state index contributed by atoms with van der Waals surface area (Å²) in [5.41, 5.74) is 0. The van der Waals surface area contributed by atoms with Crippen molar-refractivity contribution in [2.75, 3.05) is 0 Å². The van der Waals surface area contributed by atoms with Gasteiger partial charge in [-0.15, -0.1) is 18.6 Å². The molecule has 0 unspecified atom stereocenters. The van der Waals surface area contributed by atoms with Gasteiger partial charge >= 0.3 is 65.1 Å². The summed E-state index contributed by atoms with van der Waals surface area (Å²) in [7, 11) is -4.82. The Bertz CT molecular complexity index is 1050. The van der Waals surface area contributed by atoms with Gasteiger partial charge in [0.2, 0.25) is 0 Å². The average molecular weight is 400 g/mol. The first-order chi connectivity index (χ1) is 11.7. The Morgan fingerprint density at radius 3 is 2.26 bits per heavy atom. The van der Waals surface area contributed by atoms with E-state index in [2.05, 4.69) is 40.4 Å². The molecule has 0 heterocycles. The third kappa shape index (κ3) is 10.9. The van der Waals surface area contributed by atoms with Crippen molar-refractivity contribution in [1.29, 1.82) is 0 Å². The van der Waals surface area contributed by atoms with Crippen molar-refractivity contribution in [2.24, 2.45) is 0 Å². The molecular weight excluding hydrogens is 394 g/mol. The van der Waals surface area contributed by atoms with Crippen LogP contribution in [0.15, 0.2) is 17.0 Å². The maximum atomic E-state index is 11.5. The van der Waals surface area contributed by atoms with Gasteiger partial charge in [0, 0.05) is 12.8 Å². The van der Waals surface area contributed by atoms with Crippen LogP contribution in [0.1, 0.15) is 6.92 Å². The fraction of sp³-hybridized carbons (Fsp3) is 0.0588. The van der Waals surface area contributed by atoms with Crippen molar-refractivity contribution in [2.45, 2.75) is 11.8 Å². The first-order valence-corrected chi connectivity index (χ1v) is 7.53. The summed E-state index contributed by atoms with van der Waals surface area (Å²) in [4.78, 5) is 21.9. The van der Waals surface area contributed by atoms with E-state index in [1.54, 1.807) is 0 Å². The molecule has 1 aromatic carbocycles. The molecule has 1 rings (SSSR count). The molecule has 0 amide bonds. The van der Waals surface area contributed by atoms with Crippen LogP contribution >= 0.6 is 0 Å². The minimum Gasteiger partial charge on any atom is -0.754 e. The molecule has 0 aromatic heterocycles. The van der Waals surface area contributed by atoms with Gasteiger partial charge in [0.15, 0.2) is 0 Å². The molecule has 0 fully saturated rings. The Labute approximate surface area is 200 Å². The van der Waals surface area contributed by atoms with E-state index in [9.17, 15) is 22.6 Å². The topological polar surface area (TPSA) is 110 Å². The van der Waals surface area contributed by atoms with Crippen LogP contribution < -0.4 is 68.6 Å². The van der Waals surface area contributed by atoms with Gasteiger partial charge in [-0.25, -0.2) is 4.79 Å². The van der Waals surface area contributed by atoms with Gasteiger partial charge in [0.25, 0.3) is 5.97 Å². The van der Waals surface area contributed by atoms with Gasteiger partial charge in [0.05, 0.1) is 21.6 Å². The van der Waals surface area contributed by atoms with Gasteiger partial charge in [-0.3, -0.25) is 13.2 Å². The van der Waals surface area contributed by atoms with Crippen LogP contribution in [0.4, 0.5) is 0 Å². The fourth-order valence-electron chi connectivity index (χ4n) is 1.23. The zero-order valence-corrected chi connectivity index (χ0v) is 19.3. The summed E-state index contributed by atoms with van der Waals surface area (Å²) in [5, 5.41) is 0. The van der Waals surface area contributed by atoms with E-state index in [-0.39, 0.29) is 59.1 Å². The van der Waals surface area contributed by atoms with E-state index in [0.29, 0.717) is 0 Å². The van der Waals surface area contributed by atoms with E-state index in [1.807, 2.05) is 11.8 Å². The molecule has 0 aliphatic heterocycles. The molecule has 7 nitrogen and oxygen atoms in total. The number of ether oxygens (including phenoxy) is 2. The average Bonchev–Trinajstić information content (AvgIpc) is 2.51. The molecule has 1 aromatic rings. The number of hydrogen-bond donors (Lipinski definition) is 0. The Morgan fingerprint density at radius 2 is 1.70 bits per heavy atom. The second kappa shape index (κ2) is 13.5. The number of esters is 2. The van der Waals surface area contributed by atoms with Crippen LogP contribution in [0, 0.1) is 53.9 Å². The smallest absolute Gasteiger partial charge is 0.754 e. The zero-order valence-electron chi connectivity index (χ0n) is 14.5. The largest absolute Gasteiger partial charge is 1.00 e. The number of carbonyl (C=O) groups is 2. The van der Waals surface area contributed by atoms with Gasteiger partial charge < -0.3 is 14.0 Å². The number of terminal acetylenes is 1. The molecule has 0 bridgehead atoms. The fourth-order valence-corrected chi connectivity index (χ4v) is 1.68. The third-order valence-corrected chi connectivity index (χ3v) is 2.88. The molecule has 27 heavy (non-hydrogen) atoms. The molecule has 10 heteroatoms. The number of hydrogen-bond acceptors (Lipinski definition) is 7. The van der Waals surface area contributed by atoms with E-state index in [4.69, 9.17) is 11.2 Å². The maximum absolute atomic E-state index is 11.5. The van der Waals surface area contributed by atoms with Crippen LogP contribution in [0.5, 0.6) is 11.5 Å². The third-order valence-electron chi connectivity index (χ3n) is 2.07. The van der Waals surface area contributed by atoms with Gasteiger partial charge in [-0.2, -0.15) is 6.07 Å². The molecule has 0 saturated carbocycles. The van der Waals surface area contributed by atoms with Crippen molar-refractivity contribution in [3.8, 4) is 59.4 Å². The van der Waals surface area contributed by atoms with E-state index in [1.165, 1.54) is 0 Å². The summed E-state index contributed by atoms with van der Waals surface area (Å²) in [6.07, 6.45) is 4.87. The van der Waals surface area contributed by atoms with E-state index < -0.39 is 38.5 Å². The summed E-state index contributed by atoms with van der Waals surface area (Å²) < 4.78 is 42.4. The molecule has 124 valence electrons. The Kier molecular flexibility index (Phi) is 13.7. The molecular formula is C17H6Na2O7S. The summed E-state index contributed by atoms with van der Waals surface area (Å²) >= 11 is 0. The van der Waals surface area contributed by atoms with Crippen LogP contribution in [0.3, 0.4) is 0 Å². The van der Waals surface area contributed by atoms with Crippen LogP contribution in [-0.2, 0) is 19.7 Å². The Hall–Kier alpha value is -1.69. The van der Waals surface area contributed by atoms with E-state index in [0.717, 1.165) is 19.1 Å². The maximum Gasteiger partial charge on any atom is 1.00 e. The number of carbonyl (C=O) groups excluding carboxylic acids is 2. The molecule has 0 spiro atoms. The second-order valence-corrected chi connectivity index (χ2v) is 5.24. The normalized spacial score (nSPS) is 8.19. The van der Waals surface area contributed by atoms with Gasteiger partial charge in [-0.05, 0) is 40.4 Å². The van der Waals surface area contributed by atoms with Crippen LogP contribution in [0.25, 0.3) is 0 Å². The first-order valence-electron chi connectivity index (χ1n) is 6.12. The Balaban J connectivity index is 0. The zero-order chi connectivity index (χ0) is 18.9. The van der Waals surface area contributed by atoms with Crippen LogP contribution in [0.2, 0.25) is 0 Å². The standard InChI is InChI=1S/C17H7O7S.2Na/c1-3-4-5-6-7-8-9-17(19)24-15-11-10-14(25(20,21)22)12-16(15)23-13(2)18;;/h1,10,12H,2H3,(H,20,21,22);;/q-1;2*+1/p-1. The first kappa shape index (κ1) is 27.5. The Morgan fingerprint density at radius 1 is 1.11 bits per heavy atom. The molecule has 0 saturated heterocycles. The number of rotatable bonds is 3. The minimum absolute atomic E-state index is 0. The van der Waals surface area contributed by atoms with E-state index >= 15 is 0 Å². The minimum atomic E-state index is -4.82. The molecule has 0 radical (unpaired) electrons. The van der Waals surface area contributed by atoms with Crippen molar-refractivity contribution >= 4 is 22.1 Å². The van der Waals surface area contributed by atoms with Crippen molar-refractivity contribution in [1.82, 2.24) is 0 Å². The molecule has 0 aliphatic rings. The second-order valence-electron chi connectivity index (χ2n) is 3.86. The van der Waals surface area contributed by atoms with Crippen LogP contribution in [-0.4, -0.2) is 24.9 Å². The monoisotopic (exact) mass is 400 g/mol. The van der Waals surface area contributed by atoms with Crippen molar-refractivity contribution < 1.29 is 91.1 Å². The number of benzene rings is 1. The summed E-state index contributed by atoms with van der Waals surface area (Å²) in [6, 6.07) is 3.71. The van der Waals surface area contributed by atoms with Crippen molar-refractivity contribution in [3.63, 3.8) is 0 Å². The molecule has 0 N–H and O–H groups in total.